The van der Waals surface area contributed by atoms with Crippen molar-refractivity contribution < 1.29 is 14.3 Å². The molecule has 0 radical (unpaired) electrons. The smallest absolute Gasteiger partial charge is 0.221 e. The van der Waals surface area contributed by atoms with Gasteiger partial charge in [-0.1, -0.05) is 18.2 Å². The molecule has 1 aromatic heterocycles. The molecule has 1 atom stereocenters. The summed E-state index contributed by atoms with van der Waals surface area (Å²) in [5, 5.41) is 16.5. The Hall–Kier alpha value is -2.21. The molecule has 21 heavy (non-hydrogen) atoms. The summed E-state index contributed by atoms with van der Waals surface area (Å²) in [6.07, 6.45) is 2.77. The van der Waals surface area contributed by atoms with Crippen molar-refractivity contribution >= 4 is 5.91 Å². The number of hydrogen-bond acceptors (Lipinski definition) is 3. The van der Waals surface area contributed by atoms with Gasteiger partial charge in [-0.05, 0) is 18.6 Å². The third-order valence-electron chi connectivity index (χ3n) is 3.09. The lowest BCUT2D eigenvalue weighted by Crippen LogP contribution is -2.29. The lowest BCUT2D eigenvalue weighted by Gasteiger charge is -2.13. The van der Waals surface area contributed by atoms with Gasteiger partial charge in [0.15, 0.2) is 0 Å². The number of amides is 1. The second-order valence-corrected chi connectivity index (χ2v) is 4.87. The third-order valence-corrected chi connectivity index (χ3v) is 3.09. The number of aliphatic hydroxyl groups is 1. The van der Waals surface area contributed by atoms with Crippen LogP contribution in [-0.2, 0) is 11.3 Å². The van der Waals surface area contributed by atoms with E-state index >= 15 is 0 Å². The largest absolute Gasteiger partial charge is 0.386 e. The number of aliphatic hydroxyl groups excluding tert-OH is 1. The second-order valence-electron chi connectivity index (χ2n) is 4.87. The summed E-state index contributed by atoms with van der Waals surface area (Å²) in [6.45, 7) is 2.38. The van der Waals surface area contributed by atoms with Crippen LogP contribution in [0.5, 0.6) is 0 Å². The lowest BCUT2D eigenvalue weighted by molar-refractivity contribution is -0.121. The molecule has 0 spiro atoms. The van der Waals surface area contributed by atoms with E-state index < -0.39 is 11.9 Å². The number of aromatic nitrogens is 2. The van der Waals surface area contributed by atoms with Crippen LogP contribution < -0.4 is 5.32 Å². The highest BCUT2D eigenvalue weighted by atomic mass is 19.1. The number of rotatable bonds is 6. The fourth-order valence-electron chi connectivity index (χ4n) is 1.96. The Kier molecular flexibility index (Phi) is 5.05. The molecule has 2 rings (SSSR count). The number of nitrogens with zero attached hydrogens (tertiary/aromatic N) is 2. The summed E-state index contributed by atoms with van der Waals surface area (Å²) < 4.78 is 15.1. The molecular weight excluding hydrogens is 273 g/mol. The molecule has 112 valence electrons. The van der Waals surface area contributed by atoms with Crippen molar-refractivity contribution in [2.75, 3.05) is 6.54 Å². The summed E-state index contributed by atoms with van der Waals surface area (Å²) in [5.74, 6) is -0.690. The monoisotopic (exact) mass is 291 g/mol. The quantitative estimate of drug-likeness (QED) is 0.849. The molecule has 0 saturated heterocycles. The maximum Gasteiger partial charge on any atom is 0.221 e. The molecule has 0 aliphatic carbocycles. The molecule has 0 saturated carbocycles. The normalized spacial score (nSPS) is 12.1. The molecule has 0 aliphatic heterocycles. The topological polar surface area (TPSA) is 67.2 Å². The van der Waals surface area contributed by atoms with Crippen LogP contribution in [0.2, 0.25) is 0 Å². The van der Waals surface area contributed by atoms with Gasteiger partial charge >= 0.3 is 0 Å². The minimum absolute atomic E-state index is 0.0160. The highest BCUT2D eigenvalue weighted by Gasteiger charge is 2.13. The van der Waals surface area contributed by atoms with Gasteiger partial charge in [0, 0.05) is 31.3 Å². The van der Waals surface area contributed by atoms with Gasteiger partial charge in [0.05, 0.1) is 12.3 Å². The minimum Gasteiger partial charge on any atom is -0.386 e. The van der Waals surface area contributed by atoms with E-state index in [0.29, 0.717) is 6.54 Å². The molecule has 5 nitrogen and oxygen atoms in total. The van der Waals surface area contributed by atoms with Gasteiger partial charge in [-0.2, -0.15) is 5.10 Å². The van der Waals surface area contributed by atoms with Crippen LogP contribution in [0.3, 0.4) is 0 Å². The predicted molar refractivity (Wildman–Crippen MR) is 76.0 cm³/mol. The molecule has 0 bridgehead atoms. The van der Waals surface area contributed by atoms with E-state index in [1.54, 1.807) is 23.0 Å². The van der Waals surface area contributed by atoms with Crippen LogP contribution in [0.1, 0.15) is 23.7 Å². The maximum absolute atomic E-state index is 13.5. The van der Waals surface area contributed by atoms with Crippen LogP contribution in [0.4, 0.5) is 4.39 Å². The molecule has 6 heteroatoms. The molecule has 1 heterocycles. The van der Waals surface area contributed by atoms with Crippen molar-refractivity contribution in [3.8, 4) is 0 Å². The Labute approximate surface area is 122 Å². The van der Waals surface area contributed by atoms with Crippen LogP contribution >= 0.6 is 0 Å². The van der Waals surface area contributed by atoms with Crippen molar-refractivity contribution in [1.29, 1.82) is 0 Å². The van der Waals surface area contributed by atoms with Crippen molar-refractivity contribution in [3.63, 3.8) is 0 Å². The highest BCUT2D eigenvalue weighted by molar-refractivity contribution is 5.75. The van der Waals surface area contributed by atoms with Crippen molar-refractivity contribution in [3.05, 3.63) is 53.6 Å². The Morgan fingerprint density at radius 2 is 2.24 bits per heavy atom. The van der Waals surface area contributed by atoms with Crippen LogP contribution in [0.25, 0.3) is 0 Å². The van der Waals surface area contributed by atoms with Crippen LogP contribution in [0.15, 0.2) is 36.7 Å². The summed E-state index contributed by atoms with van der Waals surface area (Å²) in [4.78, 5) is 11.7. The molecule has 1 aromatic carbocycles. The van der Waals surface area contributed by atoms with Gasteiger partial charge in [0.25, 0.3) is 0 Å². The van der Waals surface area contributed by atoms with Crippen LogP contribution in [-0.4, -0.2) is 27.3 Å². The number of carbonyl (C=O) groups excluding carboxylic acids is 1. The molecule has 1 amide bonds. The zero-order valence-electron chi connectivity index (χ0n) is 11.8. The van der Waals surface area contributed by atoms with Gasteiger partial charge < -0.3 is 10.4 Å². The van der Waals surface area contributed by atoms with E-state index in [-0.39, 0.29) is 24.4 Å². The average Bonchev–Trinajstić information content (AvgIpc) is 2.89. The minimum atomic E-state index is -1.05. The number of benzene rings is 1. The van der Waals surface area contributed by atoms with E-state index in [0.717, 1.165) is 5.56 Å². The molecule has 2 aromatic rings. The van der Waals surface area contributed by atoms with E-state index in [2.05, 4.69) is 10.4 Å². The number of hydrogen-bond donors (Lipinski definition) is 2. The molecule has 2 N–H and O–H groups in total. The summed E-state index contributed by atoms with van der Waals surface area (Å²) >= 11 is 0. The standard InChI is InChI=1S/C15H18FN3O2/c1-11-8-18-19(10-11)7-6-15(21)17-9-14(20)12-4-2-3-5-13(12)16/h2-5,8,10,14,20H,6-7,9H2,1H3,(H,17,21). The highest BCUT2D eigenvalue weighted by Crippen LogP contribution is 2.15. The molecule has 0 fully saturated rings. The fraction of sp³-hybridized carbons (Fsp3) is 0.333. The third kappa shape index (κ3) is 4.39. The van der Waals surface area contributed by atoms with Crippen LogP contribution in [0, 0.1) is 12.7 Å². The van der Waals surface area contributed by atoms with E-state index in [4.69, 9.17) is 0 Å². The number of carbonyl (C=O) groups is 1. The number of nitrogens with one attached hydrogen (secondary N) is 1. The van der Waals surface area contributed by atoms with Gasteiger partial charge in [0.1, 0.15) is 5.82 Å². The van der Waals surface area contributed by atoms with Gasteiger partial charge in [-0.25, -0.2) is 4.39 Å². The first-order chi connectivity index (χ1) is 10.1. The number of halogens is 1. The second kappa shape index (κ2) is 6.99. The lowest BCUT2D eigenvalue weighted by atomic mass is 10.1. The Morgan fingerprint density at radius 3 is 2.90 bits per heavy atom. The Bertz CT molecular complexity index is 612. The van der Waals surface area contributed by atoms with E-state index in [1.807, 2.05) is 13.1 Å². The first-order valence-corrected chi connectivity index (χ1v) is 6.74. The fourth-order valence-corrected chi connectivity index (χ4v) is 1.96. The zero-order valence-corrected chi connectivity index (χ0v) is 11.8. The summed E-state index contributed by atoms with van der Waals surface area (Å²) in [7, 11) is 0. The SMILES string of the molecule is Cc1cnn(CCC(=O)NCC(O)c2ccccc2F)c1. The zero-order chi connectivity index (χ0) is 15.2. The summed E-state index contributed by atoms with van der Waals surface area (Å²) in [5.41, 5.74) is 1.21. The number of aryl methyl sites for hydroxylation is 2. The average molecular weight is 291 g/mol. The Balaban J connectivity index is 1.77. The summed E-state index contributed by atoms with van der Waals surface area (Å²) in [6, 6.07) is 5.97. The molecule has 1 unspecified atom stereocenters. The Morgan fingerprint density at radius 1 is 1.48 bits per heavy atom. The van der Waals surface area contributed by atoms with Crippen molar-refractivity contribution in [2.24, 2.45) is 0 Å². The maximum atomic E-state index is 13.5. The van der Waals surface area contributed by atoms with Gasteiger partial charge in [-0.15, -0.1) is 0 Å². The first kappa shape index (κ1) is 15.2. The predicted octanol–water partition coefficient (Wildman–Crippen LogP) is 1.57. The van der Waals surface area contributed by atoms with Gasteiger partial charge in [-0.3, -0.25) is 9.48 Å². The molecule has 0 aliphatic rings. The van der Waals surface area contributed by atoms with E-state index in [1.165, 1.54) is 12.1 Å². The molecular formula is C15H18FN3O2. The van der Waals surface area contributed by atoms with Crippen molar-refractivity contribution in [2.45, 2.75) is 26.0 Å². The first-order valence-electron chi connectivity index (χ1n) is 6.74. The van der Waals surface area contributed by atoms with Gasteiger partial charge in [0.2, 0.25) is 5.91 Å². The van der Waals surface area contributed by atoms with E-state index in [9.17, 15) is 14.3 Å². The van der Waals surface area contributed by atoms with Crippen molar-refractivity contribution in [1.82, 2.24) is 15.1 Å².